The maximum atomic E-state index is 11.2. The molecular weight excluding hydrogens is 276 g/mol. The topological polar surface area (TPSA) is 43.8 Å². The molecule has 1 N–H and O–H groups in total. The molecule has 0 aliphatic carbocycles. The van der Waals surface area contributed by atoms with Gasteiger partial charge in [-0.15, -0.1) is 0 Å². The maximum absolute atomic E-state index is 11.2. The Morgan fingerprint density at radius 3 is 2.50 bits per heavy atom. The number of piperidine rings is 2. The van der Waals surface area contributed by atoms with E-state index in [1.54, 1.807) is 0 Å². The number of hydrogen-bond donors (Lipinski definition) is 1. The summed E-state index contributed by atoms with van der Waals surface area (Å²) in [6, 6.07) is 11.2. The Balaban J connectivity index is 1.48. The Kier molecular flexibility index (Phi) is 5.11. The van der Waals surface area contributed by atoms with Gasteiger partial charge in [0.2, 0.25) is 0 Å². The van der Waals surface area contributed by atoms with Gasteiger partial charge in [-0.1, -0.05) is 30.3 Å². The Labute approximate surface area is 132 Å². The predicted octanol–water partition coefficient (Wildman–Crippen LogP) is 2.45. The van der Waals surface area contributed by atoms with E-state index in [1.807, 2.05) is 0 Å². The second kappa shape index (κ2) is 7.25. The number of rotatable bonds is 4. The fraction of sp³-hybridized carbons (Fsp3) is 0.611. The van der Waals surface area contributed by atoms with E-state index < -0.39 is 5.97 Å². The molecule has 0 amide bonds. The van der Waals surface area contributed by atoms with Gasteiger partial charge >= 0.3 is 5.97 Å². The van der Waals surface area contributed by atoms with Crippen LogP contribution in [-0.2, 0) is 11.3 Å². The largest absolute Gasteiger partial charge is 0.481 e. The predicted molar refractivity (Wildman–Crippen MR) is 86.7 cm³/mol. The van der Waals surface area contributed by atoms with Gasteiger partial charge in [0, 0.05) is 19.1 Å². The van der Waals surface area contributed by atoms with E-state index >= 15 is 0 Å². The minimum Gasteiger partial charge on any atom is -0.481 e. The minimum atomic E-state index is -0.619. The standard InChI is InChI=1S/C18H26N2O2/c21-18(22)16-7-4-10-20(14-16)17-8-11-19(12-9-17)13-15-5-2-1-3-6-15/h1-3,5-6,16-17H,4,7-14H2,(H,21,22)/t16-/m1/s1. The molecule has 2 heterocycles. The lowest BCUT2D eigenvalue weighted by atomic mass is 9.94. The number of carboxylic acids is 1. The zero-order valence-electron chi connectivity index (χ0n) is 13.2. The molecule has 2 aliphatic rings. The zero-order chi connectivity index (χ0) is 15.4. The average Bonchev–Trinajstić information content (AvgIpc) is 2.56. The van der Waals surface area contributed by atoms with Crippen LogP contribution in [0.15, 0.2) is 30.3 Å². The van der Waals surface area contributed by atoms with Gasteiger partial charge in [0.15, 0.2) is 0 Å². The van der Waals surface area contributed by atoms with Crippen LogP contribution in [0.5, 0.6) is 0 Å². The highest BCUT2D eigenvalue weighted by molar-refractivity contribution is 5.70. The van der Waals surface area contributed by atoms with E-state index in [0.717, 1.165) is 45.6 Å². The summed E-state index contributed by atoms with van der Waals surface area (Å²) in [5.41, 5.74) is 1.38. The van der Waals surface area contributed by atoms with Crippen molar-refractivity contribution in [1.82, 2.24) is 9.80 Å². The summed E-state index contributed by atoms with van der Waals surface area (Å²) in [5.74, 6) is -0.776. The molecule has 2 fully saturated rings. The summed E-state index contributed by atoms with van der Waals surface area (Å²) in [5, 5.41) is 9.23. The van der Waals surface area contributed by atoms with Crippen LogP contribution >= 0.6 is 0 Å². The monoisotopic (exact) mass is 302 g/mol. The molecule has 3 rings (SSSR count). The molecule has 22 heavy (non-hydrogen) atoms. The summed E-state index contributed by atoms with van der Waals surface area (Å²) in [7, 11) is 0. The highest BCUT2D eigenvalue weighted by Crippen LogP contribution is 2.24. The SMILES string of the molecule is O=C(O)[C@@H]1CCCN(C2CCN(Cc3ccccc3)CC2)C1. The van der Waals surface area contributed by atoms with E-state index in [9.17, 15) is 9.90 Å². The Morgan fingerprint density at radius 2 is 1.82 bits per heavy atom. The van der Waals surface area contributed by atoms with Crippen molar-refractivity contribution in [3.8, 4) is 0 Å². The van der Waals surface area contributed by atoms with E-state index in [0.29, 0.717) is 6.04 Å². The second-order valence-electron chi connectivity index (χ2n) is 6.67. The normalized spacial score (nSPS) is 25.2. The third kappa shape index (κ3) is 3.87. The lowest BCUT2D eigenvalue weighted by molar-refractivity contribution is -0.144. The van der Waals surface area contributed by atoms with E-state index in [4.69, 9.17) is 0 Å². The van der Waals surface area contributed by atoms with Crippen LogP contribution in [-0.4, -0.2) is 53.1 Å². The lowest BCUT2D eigenvalue weighted by Gasteiger charge is -2.41. The molecule has 1 aromatic rings. The van der Waals surface area contributed by atoms with Crippen LogP contribution in [0, 0.1) is 5.92 Å². The van der Waals surface area contributed by atoms with Crippen LogP contribution in [0.4, 0.5) is 0 Å². The fourth-order valence-corrected chi connectivity index (χ4v) is 3.82. The van der Waals surface area contributed by atoms with Gasteiger partial charge < -0.3 is 5.11 Å². The van der Waals surface area contributed by atoms with Gasteiger partial charge in [-0.05, 0) is 50.9 Å². The first-order valence-corrected chi connectivity index (χ1v) is 8.45. The van der Waals surface area contributed by atoms with Gasteiger partial charge in [-0.2, -0.15) is 0 Å². The van der Waals surface area contributed by atoms with E-state index in [-0.39, 0.29) is 5.92 Å². The fourth-order valence-electron chi connectivity index (χ4n) is 3.82. The van der Waals surface area contributed by atoms with Gasteiger partial charge in [0.25, 0.3) is 0 Å². The molecular formula is C18H26N2O2. The summed E-state index contributed by atoms with van der Waals surface area (Å²) < 4.78 is 0. The molecule has 0 bridgehead atoms. The molecule has 0 saturated carbocycles. The zero-order valence-corrected chi connectivity index (χ0v) is 13.2. The summed E-state index contributed by atoms with van der Waals surface area (Å²) in [4.78, 5) is 16.2. The van der Waals surface area contributed by atoms with Crippen molar-refractivity contribution < 1.29 is 9.90 Å². The smallest absolute Gasteiger partial charge is 0.307 e. The number of benzene rings is 1. The van der Waals surface area contributed by atoms with Gasteiger partial charge in [-0.25, -0.2) is 0 Å². The van der Waals surface area contributed by atoms with Crippen molar-refractivity contribution in [3.05, 3.63) is 35.9 Å². The molecule has 4 heteroatoms. The van der Waals surface area contributed by atoms with Crippen molar-refractivity contribution in [1.29, 1.82) is 0 Å². The van der Waals surface area contributed by atoms with Crippen LogP contribution in [0.3, 0.4) is 0 Å². The average molecular weight is 302 g/mol. The van der Waals surface area contributed by atoms with Crippen LogP contribution < -0.4 is 0 Å². The van der Waals surface area contributed by atoms with Crippen LogP contribution in [0.25, 0.3) is 0 Å². The number of hydrogen-bond acceptors (Lipinski definition) is 3. The van der Waals surface area contributed by atoms with Gasteiger partial charge in [-0.3, -0.25) is 14.6 Å². The van der Waals surface area contributed by atoms with Crippen LogP contribution in [0.1, 0.15) is 31.2 Å². The molecule has 0 unspecified atom stereocenters. The molecule has 120 valence electrons. The van der Waals surface area contributed by atoms with Crippen molar-refractivity contribution in [2.24, 2.45) is 5.92 Å². The van der Waals surface area contributed by atoms with Crippen molar-refractivity contribution in [3.63, 3.8) is 0 Å². The van der Waals surface area contributed by atoms with Crippen molar-refractivity contribution >= 4 is 5.97 Å². The lowest BCUT2D eigenvalue weighted by Crippen LogP contribution is -2.49. The Morgan fingerprint density at radius 1 is 1.09 bits per heavy atom. The molecule has 4 nitrogen and oxygen atoms in total. The highest BCUT2D eigenvalue weighted by atomic mass is 16.4. The molecule has 0 spiro atoms. The number of nitrogens with zero attached hydrogens (tertiary/aromatic N) is 2. The van der Waals surface area contributed by atoms with E-state index in [2.05, 4.69) is 40.1 Å². The van der Waals surface area contributed by atoms with Gasteiger partial charge in [0.05, 0.1) is 5.92 Å². The molecule has 2 saturated heterocycles. The quantitative estimate of drug-likeness (QED) is 0.928. The van der Waals surface area contributed by atoms with Crippen molar-refractivity contribution in [2.75, 3.05) is 26.2 Å². The molecule has 0 aromatic heterocycles. The molecule has 1 atom stereocenters. The summed E-state index contributed by atoms with van der Waals surface area (Å²) in [6.07, 6.45) is 4.21. The maximum Gasteiger partial charge on any atom is 0.307 e. The Bertz CT molecular complexity index is 483. The number of aliphatic carboxylic acids is 1. The first-order valence-electron chi connectivity index (χ1n) is 8.45. The minimum absolute atomic E-state index is 0.156. The molecule has 2 aliphatic heterocycles. The van der Waals surface area contributed by atoms with Crippen molar-refractivity contribution in [2.45, 2.75) is 38.3 Å². The summed E-state index contributed by atoms with van der Waals surface area (Å²) >= 11 is 0. The molecule has 1 aromatic carbocycles. The first kappa shape index (κ1) is 15.5. The van der Waals surface area contributed by atoms with Crippen LogP contribution in [0.2, 0.25) is 0 Å². The summed E-state index contributed by atoms with van der Waals surface area (Å²) in [6.45, 7) is 5.10. The third-order valence-corrected chi connectivity index (χ3v) is 5.12. The molecule has 0 radical (unpaired) electrons. The Hall–Kier alpha value is -1.39. The first-order chi connectivity index (χ1) is 10.7. The number of carbonyl (C=O) groups is 1. The van der Waals surface area contributed by atoms with E-state index in [1.165, 1.54) is 18.4 Å². The highest BCUT2D eigenvalue weighted by Gasteiger charge is 2.31. The number of likely N-dealkylation sites (tertiary alicyclic amines) is 2. The number of carboxylic acid groups (broad SMARTS) is 1. The van der Waals surface area contributed by atoms with Gasteiger partial charge in [0.1, 0.15) is 0 Å². The second-order valence-corrected chi connectivity index (χ2v) is 6.67. The third-order valence-electron chi connectivity index (χ3n) is 5.12.